The largest absolute Gasteiger partial charge is 0.494 e. The van der Waals surface area contributed by atoms with Gasteiger partial charge < -0.3 is 19.7 Å². The van der Waals surface area contributed by atoms with E-state index in [4.69, 9.17) is 9.47 Å². The van der Waals surface area contributed by atoms with Crippen molar-refractivity contribution in [2.75, 3.05) is 51.3 Å². The third kappa shape index (κ3) is 4.54. The number of carbonyl (C=O) groups is 1. The van der Waals surface area contributed by atoms with Gasteiger partial charge in [-0.15, -0.1) is 0 Å². The Morgan fingerprint density at radius 1 is 1.07 bits per heavy atom. The van der Waals surface area contributed by atoms with Crippen molar-refractivity contribution in [2.45, 2.75) is 19.5 Å². The van der Waals surface area contributed by atoms with E-state index in [0.717, 1.165) is 61.8 Å². The molecule has 1 fully saturated rings. The molecule has 0 radical (unpaired) electrons. The number of ether oxygens (including phenoxy) is 2. The lowest BCUT2D eigenvalue weighted by Gasteiger charge is -2.38. The van der Waals surface area contributed by atoms with Crippen LogP contribution < -0.4 is 10.1 Å². The minimum absolute atomic E-state index is 0.0835. The number of amides is 1. The number of fused-ring (bicyclic) bond motifs is 1. The third-order valence-electron chi connectivity index (χ3n) is 5.51. The van der Waals surface area contributed by atoms with E-state index in [2.05, 4.69) is 10.2 Å². The SMILES string of the molecule is CCOc1ccc([C@@H]2Nc3ccccc3C(=O)N2CCCN2CCOCC2)cc1. The molecule has 2 heterocycles. The first-order chi connectivity index (χ1) is 14.3. The number of hydrogen-bond donors (Lipinski definition) is 1. The molecule has 1 saturated heterocycles. The fourth-order valence-electron chi connectivity index (χ4n) is 3.99. The van der Waals surface area contributed by atoms with Crippen LogP contribution in [-0.4, -0.2) is 61.7 Å². The van der Waals surface area contributed by atoms with Gasteiger partial charge in [0.15, 0.2) is 0 Å². The second-order valence-electron chi connectivity index (χ2n) is 7.40. The highest BCUT2D eigenvalue weighted by Crippen LogP contribution is 2.33. The van der Waals surface area contributed by atoms with Crippen molar-refractivity contribution >= 4 is 11.6 Å². The van der Waals surface area contributed by atoms with E-state index < -0.39 is 0 Å². The zero-order chi connectivity index (χ0) is 20.1. The Balaban J connectivity index is 1.52. The Kier molecular flexibility index (Phi) is 6.32. The molecule has 0 aromatic heterocycles. The molecule has 4 rings (SSSR count). The van der Waals surface area contributed by atoms with Gasteiger partial charge in [-0.1, -0.05) is 24.3 Å². The van der Waals surface area contributed by atoms with E-state index in [9.17, 15) is 4.79 Å². The summed E-state index contributed by atoms with van der Waals surface area (Å²) in [6.07, 6.45) is 0.751. The van der Waals surface area contributed by atoms with Gasteiger partial charge in [0.25, 0.3) is 5.91 Å². The lowest BCUT2D eigenvalue weighted by Crippen LogP contribution is -2.44. The van der Waals surface area contributed by atoms with Crippen LogP contribution in [0.3, 0.4) is 0 Å². The first-order valence-electron chi connectivity index (χ1n) is 10.5. The quantitative estimate of drug-likeness (QED) is 0.779. The standard InChI is InChI=1S/C23H29N3O3/c1-2-29-19-10-8-18(9-11-19)22-24-21-7-4-3-6-20(21)23(27)26(22)13-5-12-25-14-16-28-17-15-25/h3-4,6-11,22,24H,2,5,12-17H2,1H3/t22-/m1/s1. The minimum Gasteiger partial charge on any atom is -0.494 e. The lowest BCUT2D eigenvalue weighted by molar-refractivity contribution is 0.0348. The summed E-state index contributed by atoms with van der Waals surface area (Å²) in [5, 5.41) is 3.56. The maximum absolute atomic E-state index is 13.3. The average molecular weight is 396 g/mol. The minimum atomic E-state index is -0.183. The van der Waals surface area contributed by atoms with E-state index >= 15 is 0 Å². The molecule has 0 aliphatic carbocycles. The summed E-state index contributed by atoms with van der Waals surface area (Å²) in [4.78, 5) is 17.6. The van der Waals surface area contributed by atoms with Gasteiger partial charge in [0.05, 0.1) is 25.4 Å². The predicted octanol–water partition coefficient (Wildman–Crippen LogP) is 3.37. The normalized spacial score (nSPS) is 19.6. The fourth-order valence-corrected chi connectivity index (χ4v) is 3.99. The van der Waals surface area contributed by atoms with Gasteiger partial charge in [-0.2, -0.15) is 0 Å². The molecule has 1 N–H and O–H groups in total. The first kappa shape index (κ1) is 19.7. The maximum Gasteiger partial charge on any atom is 0.257 e. The van der Waals surface area contributed by atoms with Crippen LogP contribution in [0.1, 0.15) is 35.4 Å². The van der Waals surface area contributed by atoms with E-state index in [-0.39, 0.29) is 12.1 Å². The van der Waals surface area contributed by atoms with Crippen LogP contribution in [0.5, 0.6) is 5.75 Å². The van der Waals surface area contributed by atoms with E-state index in [1.54, 1.807) is 0 Å². The highest BCUT2D eigenvalue weighted by molar-refractivity contribution is 6.01. The Morgan fingerprint density at radius 2 is 1.83 bits per heavy atom. The maximum atomic E-state index is 13.3. The number of morpholine rings is 1. The number of hydrogen-bond acceptors (Lipinski definition) is 5. The molecule has 6 heteroatoms. The molecular weight excluding hydrogens is 366 g/mol. The van der Waals surface area contributed by atoms with Crippen LogP contribution >= 0.6 is 0 Å². The van der Waals surface area contributed by atoms with Crippen LogP contribution in [0.15, 0.2) is 48.5 Å². The molecule has 154 valence electrons. The molecule has 1 amide bonds. The molecule has 2 aromatic carbocycles. The van der Waals surface area contributed by atoms with Gasteiger partial charge in [0, 0.05) is 31.9 Å². The van der Waals surface area contributed by atoms with Gasteiger partial charge in [-0.3, -0.25) is 9.69 Å². The molecule has 0 spiro atoms. The second kappa shape index (κ2) is 9.29. The average Bonchev–Trinajstić information content (AvgIpc) is 2.77. The number of nitrogens with zero attached hydrogens (tertiary/aromatic N) is 2. The number of para-hydroxylation sites is 1. The molecule has 2 aliphatic rings. The van der Waals surface area contributed by atoms with Gasteiger partial charge in [-0.05, 0) is 43.2 Å². The van der Waals surface area contributed by atoms with Crippen molar-refractivity contribution in [1.82, 2.24) is 9.80 Å². The molecule has 29 heavy (non-hydrogen) atoms. The molecule has 1 atom stereocenters. The van der Waals surface area contributed by atoms with Crippen molar-refractivity contribution in [2.24, 2.45) is 0 Å². The Hall–Kier alpha value is -2.57. The number of rotatable bonds is 7. The molecule has 2 aliphatic heterocycles. The Morgan fingerprint density at radius 3 is 2.59 bits per heavy atom. The number of anilines is 1. The monoisotopic (exact) mass is 395 g/mol. The van der Waals surface area contributed by atoms with Crippen molar-refractivity contribution in [3.63, 3.8) is 0 Å². The zero-order valence-electron chi connectivity index (χ0n) is 17.0. The Labute approximate surface area is 172 Å². The number of nitrogens with one attached hydrogen (secondary N) is 1. The van der Waals surface area contributed by atoms with Crippen LogP contribution in [0, 0.1) is 0 Å². The van der Waals surface area contributed by atoms with E-state index in [1.807, 2.05) is 60.4 Å². The number of carbonyl (C=O) groups excluding carboxylic acids is 1. The van der Waals surface area contributed by atoms with Gasteiger partial charge in [-0.25, -0.2) is 0 Å². The summed E-state index contributed by atoms with van der Waals surface area (Å²) in [6.45, 7) is 7.83. The lowest BCUT2D eigenvalue weighted by atomic mass is 10.0. The van der Waals surface area contributed by atoms with Gasteiger partial charge in [0.2, 0.25) is 0 Å². The Bertz CT molecular complexity index is 818. The predicted molar refractivity (Wildman–Crippen MR) is 113 cm³/mol. The van der Waals surface area contributed by atoms with Crippen LogP contribution in [-0.2, 0) is 4.74 Å². The molecule has 0 saturated carbocycles. The summed E-state index contributed by atoms with van der Waals surface area (Å²) in [6, 6.07) is 15.8. The topological polar surface area (TPSA) is 54.0 Å². The molecule has 0 bridgehead atoms. The van der Waals surface area contributed by atoms with E-state index in [0.29, 0.717) is 13.2 Å². The highest BCUT2D eigenvalue weighted by Gasteiger charge is 2.32. The first-order valence-corrected chi connectivity index (χ1v) is 10.5. The van der Waals surface area contributed by atoms with Gasteiger partial charge in [0.1, 0.15) is 11.9 Å². The molecular formula is C23H29N3O3. The third-order valence-corrected chi connectivity index (χ3v) is 5.51. The van der Waals surface area contributed by atoms with Crippen molar-refractivity contribution < 1.29 is 14.3 Å². The van der Waals surface area contributed by atoms with Gasteiger partial charge >= 0.3 is 0 Å². The number of benzene rings is 2. The molecule has 0 unspecified atom stereocenters. The summed E-state index contributed by atoms with van der Waals surface area (Å²) in [7, 11) is 0. The zero-order valence-corrected chi connectivity index (χ0v) is 17.0. The van der Waals surface area contributed by atoms with E-state index in [1.165, 1.54) is 0 Å². The molecule has 6 nitrogen and oxygen atoms in total. The van der Waals surface area contributed by atoms with Crippen LogP contribution in [0.4, 0.5) is 5.69 Å². The van der Waals surface area contributed by atoms with Crippen molar-refractivity contribution in [1.29, 1.82) is 0 Å². The fraction of sp³-hybridized carbons (Fsp3) is 0.435. The summed E-state index contributed by atoms with van der Waals surface area (Å²) in [5.74, 6) is 0.929. The summed E-state index contributed by atoms with van der Waals surface area (Å²) in [5.41, 5.74) is 2.68. The summed E-state index contributed by atoms with van der Waals surface area (Å²) < 4.78 is 11.0. The highest BCUT2D eigenvalue weighted by atomic mass is 16.5. The second-order valence-corrected chi connectivity index (χ2v) is 7.40. The van der Waals surface area contributed by atoms with Crippen LogP contribution in [0.25, 0.3) is 0 Å². The van der Waals surface area contributed by atoms with Crippen molar-refractivity contribution in [3.8, 4) is 5.75 Å². The smallest absolute Gasteiger partial charge is 0.257 e. The van der Waals surface area contributed by atoms with Crippen molar-refractivity contribution in [3.05, 3.63) is 59.7 Å². The molecule has 2 aromatic rings. The summed E-state index contributed by atoms with van der Waals surface area (Å²) >= 11 is 0. The van der Waals surface area contributed by atoms with Crippen LogP contribution in [0.2, 0.25) is 0 Å².